The molecule has 0 unspecified atom stereocenters. The first kappa shape index (κ1) is 11.9. The maximum absolute atomic E-state index is 10.9. The second-order valence-electron chi connectivity index (χ2n) is 3.99. The number of ketones is 1. The Kier molecular flexibility index (Phi) is 4.80. The summed E-state index contributed by atoms with van der Waals surface area (Å²) in [6.45, 7) is 4.82. The molecule has 1 fully saturated rings. The van der Waals surface area contributed by atoms with Gasteiger partial charge >= 0.3 is 0 Å². The summed E-state index contributed by atoms with van der Waals surface area (Å²) in [5.41, 5.74) is 0. The molecule has 0 amide bonds. The Morgan fingerprint density at radius 2 is 1.75 bits per heavy atom. The topological polar surface area (TPSA) is 17.1 Å². The third-order valence-corrected chi connectivity index (χ3v) is 2.50. The zero-order valence-electron chi connectivity index (χ0n) is 7.98. The molecule has 1 heterocycles. The predicted octanol–water partition coefficient (Wildman–Crippen LogP) is -1.79. The van der Waals surface area contributed by atoms with Crippen molar-refractivity contribution >= 4 is 5.78 Å². The van der Waals surface area contributed by atoms with Crippen LogP contribution in [0.1, 0.15) is 26.2 Å². The lowest BCUT2D eigenvalue weighted by molar-refractivity contribution is -0.906. The Morgan fingerprint density at radius 3 is 2.17 bits per heavy atom. The van der Waals surface area contributed by atoms with Crippen LogP contribution in [0.15, 0.2) is 0 Å². The van der Waals surface area contributed by atoms with Gasteiger partial charge in [-0.15, -0.1) is 0 Å². The van der Waals surface area contributed by atoms with Gasteiger partial charge in [-0.25, -0.2) is 0 Å². The highest BCUT2D eigenvalue weighted by atomic mass is 35.5. The van der Waals surface area contributed by atoms with Crippen molar-refractivity contribution in [1.82, 2.24) is 0 Å². The zero-order chi connectivity index (χ0) is 8.32. The van der Waals surface area contributed by atoms with Crippen molar-refractivity contribution in [3.05, 3.63) is 0 Å². The molecule has 1 saturated heterocycles. The van der Waals surface area contributed by atoms with Crippen molar-refractivity contribution in [2.45, 2.75) is 26.2 Å². The summed E-state index contributed by atoms with van der Waals surface area (Å²) in [6, 6.07) is 0. The fourth-order valence-corrected chi connectivity index (χ4v) is 1.97. The molecule has 0 aliphatic carbocycles. The van der Waals surface area contributed by atoms with Crippen molar-refractivity contribution in [3.63, 3.8) is 0 Å². The number of likely N-dealkylation sites (tertiary alicyclic amines) is 1. The number of rotatable bonds is 2. The molecule has 12 heavy (non-hydrogen) atoms. The highest BCUT2D eigenvalue weighted by molar-refractivity contribution is 5.76. The molecular formula is C9H18ClNO. The highest BCUT2D eigenvalue weighted by Gasteiger charge is 2.25. The molecule has 0 aromatic carbocycles. The van der Waals surface area contributed by atoms with E-state index in [1.165, 1.54) is 32.4 Å². The van der Waals surface area contributed by atoms with E-state index in [9.17, 15) is 4.79 Å². The Hall–Kier alpha value is -0.0800. The fraction of sp³-hybridized carbons (Fsp3) is 0.889. The number of halogens is 1. The van der Waals surface area contributed by atoms with Crippen LogP contribution in [-0.2, 0) is 4.79 Å². The maximum atomic E-state index is 10.9. The van der Waals surface area contributed by atoms with Gasteiger partial charge in [0.2, 0.25) is 0 Å². The van der Waals surface area contributed by atoms with Crippen molar-refractivity contribution in [2.75, 3.05) is 26.7 Å². The molecular weight excluding hydrogens is 174 g/mol. The fourth-order valence-electron chi connectivity index (χ4n) is 1.97. The van der Waals surface area contributed by atoms with Gasteiger partial charge in [-0.05, 0) is 19.3 Å². The third-order valence-electron chi connectivity index (χ3n) is 2.50. The van der Waals surface area contributed by atoms with E-state index in [4.69, 9.17) is 0 Å². The Balaban J connectivity index is 0.00000121. The molecule has 0 aromatic rings. The smallest absolute Gasteiger partial charge is 0.183 e. The molecule has 1 rings (SSSR count). The third kappa shape index (κ3) is 3.55. The van der Waals surface area contributed by atoms with Crippen molar-refractivity contribution in [1.29, 1.82) is 0 Å². The molecule has 2 nitrogen and oxygen atoms in total. The molecule has 0 saturated carbocycles. The molecule has 72 valence electrons. The first-order valence-electron chi connectivity index (χ1n) is 4.45. The SMILES string of the molecule is CC(=O)C[N+]1(C)CCCCC1.[Cl-]. The van der Waals surface area contributed by atoms with Gasteiger partial charge in [0.1, 0.15) is 6.54 Å². The quantitative estimate of drug-likeness (QED) is 0.472. The number of nitrogens with zero attached hydrogens (tertiary/aromatic N) is 1. The minimum Gasteiger partial charge on any atom is -1.00 e. The summed E-state index contributed by atoms with van der Waals surface area (Å²) in [6.07, 6.45) is 3.94. The lowest BCUT2D eigenvalue weighted by atomic mass is 10.1. The van der Waals surface area contributed by atoms with Crippen LogP contribution in [0.5, 0.6) is 0 Å². The van der Waals surface area contributed by atoms with Crippen LogP contribution in [0.2, 0.25) is 0 Å². The lowest BCUT2D eigenvalue weighted by Crippen LogP contribution is -3.00. The van der Waals surface area contributed by atoms with E-state index in [0.717, 1.165) is 11.0 Å². The van der Waals surface area contributed by atoms with Gasteiger partial charge in [0.05, 0.1) is 20.1 Å². The minimum atomic E-state index is 0. The highest BCUT2D eigenvalue weighted by Crippen LogP contribution is 2.15. The number of likely N-dealkylation sites (N-methyl/N-ethyl adjacent to an activating group) is 1. The summed E-state index contributed by atoms with van der Waals surface area (Å²) in [4.78, 5) is 10.9. The molecule has 0 radical (unpaired) electrons. The maximum Gasteiger partial charge on any atom is 0.183 e. The number of hydrogen-bond acceptors (Lipinski definition) is 1. The van der Waals surface area contributed by atoms with Crippen LogP contribution in [0.25, 0.3) is 0 Å². The molecule has 0 spiro atoms. The Labute approximate surface area is 80.9 Å². The van der Waals surface area contributed by atoms with Gasteiger partial charge in [0.15, 0.2) is 5.78 Å². The number of carbonyl (C=O) groups is 1. The lowest BCUT2D eigenvalue weighted by Gasteiger charge is -2.36. The van der Waals surface area contributed by atoms with E-state index >= 15 is 0 Å². The van der Waals surface area contributed by atoms with E-state index in [1.54, 1.807) is 6.92 Å². The van der Waals surface area contributed by atoms with Crippen LogP contribution in [0.4, 0.5) is 0 Å². The van der Waals surface area contributed by atoms with Gasteiger partial charge < -0.3 is 16.9 Å². The Bertz CT molecular complexity index is 153. The number of hydrogen-bond donors (Lipinski definition) is 0. The second-order valence-corrected chi connectivity index (χ2v) is 3.99. The summed E-state index contributed by atoms with van der Waals surface area (Å²) in [5, 5.41) is 0. The number of Topliss-reactive ketones (excluding diaryl/α,β-unsaturated/α-hetero) is 1. The number of piperidine rings is 1. The van der Waals surface area contributed by atoms with Crippen LogP contribution in [-0.4, -0.2) is 36.9 Å². The first-order chi connectivity index (χ1) is 5.12. The van der Waals surface area contributed by atoms with Crippen LogP contribution >= 0.6 is 0 Å². The summed E-state index contributed by atoms with van der Waals surface area (Å²) >= 11 is 0. The normalized spacial score (nSPS) is 21.2. The average Bonchev–Trinajstić information content (AvgIpc) is 1.85. The summed E-state index contributed by atoms with van der Waals surface area (Å²) in [5.74, 6) is 0.328. The van der Waals surface area contributed by atoms with Gasteiger partial charge in [-0.1, -0.05) is 0 Å². The van der Waals surface area contributed by atoms with Gasteiger partial charge in [0, 0.05) is 6.92 Å². The standard InChI is InChI=1S/C9H18NO.ClH/c1-9(11)8-10(2)6-4-3-5-7-10;/h3-8H2,1-2H3;1H/q+1;/p-1. The van der Waals surface area contributed by atoms with E-state index in [0.29, 0.717) is 5.78 Å². The predicted molar refractivity (Wildman–Crippen MR) is 45.3 cm³/mol. The van der Waals surface area contributed by atoms with Crippen LogP contribution < -0.4 is 12.4 Å². The molecule has 0 aromatic heterocycles. The molecule has 1 aliphatic heterocycles. The summed E-state index contributed by atoms with van der Waals surface area (Å²) in [7, 11) is 2.19. The summed E-state index contributed by atoms with van der Waals surface area (Å²) < 4.78 is 0.981. The van der Waals surface area contributed by atoms with E-state index in [-0.39, 0.29) is 12.4 Å². The molecule has 1 aliphatic rings. The van der Waals surface area contributed by atoms with Crippen LogP contribution in [0.3, 0.4) is 0 Å². The van der Waals surface area contributed by atoms with Crippen molar-refractivity contribution in [2.24, 2.45) is 0 Å². The van der Waals surface area contributed by atoms with E-state index in [2.05, 4.69) is 7.05 Å². The minimum absolute atomic E-state index is 0. The van der Waals surface area contributed by atoms with Crippen molar-refractivity contribution in [3.8, 4) is 0 Å². The van der Waals surface area contributed by atoms with Crippen LogP contribution in [0, 0.1) is 0 Å². The second kappa shape index (κ2) is 4.83. The molecule has 3 heteroatoms. The average molecular weight is 192 g/mol. The van der Waals surface area contributed by atoms with E-state index < -0.39 is 0 Å². The van der Waals surface area contributed by atoms with Crippen molar-refractivity contribution < 1.29 is 21.7 Å². The number of carbonyl (C=O) groups excluding carboxylic acids is 1. The molecule has 0 bridgehead atoms. The van der Waals surface area contributed by atoms with E-state index in [1.807, 2.05) is 0 Å². The van der Waals surface area contributed by atoms with Gasteiger partial charge in [-0.2, -0.15) is 0 Å². The van der Waals surface area contributed by atoms with Gasteiger partial charge in [-0.3, -0.25) is 4.79 Å². The molecule has 0 N–H and O–H groups in total. The largest absolute Gasteiger partial charge is 1.00 e. The number of quaternary nitrogens is 1. The van der Waals surface area contributed by atoms with Gasteiger partial charge in [0.25, 0.3) is 0 Å². The molecule has 0 atom stereocenters. The Morgan fingerprint density at radius 1 is 1.25 bits per heavy atom. The zero-order valence-corrected chi connectivity index (χ0v) is 8.73. The monoisotopic (exact) mass is 191 g/mol. The first-order valence-corrected chi connectivity index (χ1v) is 4.45.